The predicted molar refractivity (Wildman–Crippen MR) is 83.7 cm³/mol. The molecular formula is C17H18ClNO. The van der Waals surface area contributed by atoms with Gasteiger partial charge in [0.15, 0.2) is 0 Å². The summed E-state index contributed by atoms with van der Waals surface area (Å²) in [5, 5.41) is 4.27. The van der Waals surface area contributed by atoms with E-state index in [1.54, 1.807) is 0 Å². The zero-order valence-electron chi connectivity index (χ0n) is 11.9. The lowest BCUT2D eigenvalue weighted by molar-refractivity contribution is 0.118. The molecule has 1 aliphatic rings. The Hall–Kier alpha value is -1.67. The molecule has 1 heterocycles. The molecule has 0 aromatic heterocycles. The molecule has 1 N–H and O–H groups in total. The Morgan fingerprint density at radius 1 is 1.15 bits per heavy atom. The number of hydrogen-bond donors (Lipinski definition) is 1. The number of para-hydroxylation sites is 1. The molecule has 0 saturated heterocycles. The van der Waals surface area contributed by atoms with Crippen LogP contribution in [0.15, 0.2) is 42.5 Å². The molecule has 0 amide bonds. The Kier molecular flexibility index (Phi) is 3.14. The molecule has 0 spiro atoms. The fourth-order valence-corrected chi connectivity index (χ4v) is 2.96. The Balaban J connectivity index is 1.97. The zero-order chi connectivity index (χ0) is 14.3. The molecule has 0 radical (unpaired) electrons. The Morgan fingerprint density at radius 2 is 1.90 bits per heavy atom. The lowest BCUT2D eigenvalue weighted by Crippen LogP contribution is -2.34. The van der Waals surface area contributed by atoms with Gasteiger partial charge in [0, 0.05) is 5.56 Å². The monoisotopic (exact) mass is 287 g/mol. The first-order valence-electron chi connectivity index (χ1n) is 6.78. The van der Waals surface area contributed by atoms with Crippen LogP contribution in [0.2, 0.25) is 5.02 Å². The standard InChI is InChI=1S/C17H18ClNO/c1-11-8-9-14(13(18)10-11)19-16-12-6-4-5-7-15(12)20-17(16,2)3/h4-10,16,19H,1-3H3. The second-order valence-corrected chi connectivity index (χ2v) is 6.21. The van der Waals surface area contributed by atoms with Crippen molar-refractivity contribution >= 4 is 17.3 Å². The van der Waals surface area contributed by atoms with E-state index in [1.807, 2.05) is 37.3 Å². The highest BCUT2D eigenvalue weighted by Gasteiger charge is 2.41. The quantitative estimate of drug-likeness (QED) is 0.842. The van der Waals surface area contributed by atoms with Gasteiger partial charge >= 0.3 is 0 Å². The van der Waals surface area contributed by atoms with Gasteiger partial charge in [-0.1, -0.05) is 35.9 Å². The van der Waals surface area contributed by atoms with Crippen molar-refractivity contribution < 1.29 is 4.74 Å². The number of fused-ring (bicyclic) bond motifs is 1. The zero-order valence-corrected chi connectivity index (χ0v) is 12.7. The highest BCUT2D eigenvalue weighted by molar-refractivity contribution is 6.33. The van der Waals surface area contributed by atoms with Gasteiger partial charge in [-0.15, -0.1) is 0 Å². The Bertz CT molecular complexity index is 651. The van der Waals surface area contributed by atoms with E-state index in [0.717, 1.165) is 22.0 Å². The number of halogens is 1. The smallest absolute Gasteiger partial charge is 0.128 e. The number of ether oxygens (including phenoxy) is 1. The highest BCUT2D eigenvalue weighted by Crippen LogP contribution is 2.45. The third kappa shape index (κ3) is 2.25. The molecule has 0 saturated carbocycles. The molecule has 3 heteroatoms. The largest absolute Gasteiger partial charge is 0.485 e. The molecule has 104 valence electrons. The molecular weight excluding hydrogens is 270 g/mol. The predicted octanol–water partition coefficient (Wildman–Crippen LogP) is 4.97. The van der Waals surface area contributed by atoms with Gasteiger partial charge in [0.05, 0.1) is 16.8 Å². The van der Waals surface area contributed by atoms with Crippen molar-refractivity contribution in [3.05, 3.63) is 58.6 Å². The van der Waals surface area contributed by atoms with Gasteiger partial charge in [0.25, 0.3) is 0 Å². The second-order valence-electron chi connectivity index (χ2n) is 5.80. The molecule has 2 nitrogen and oxygen atoms in total. The van der Waals surface area contributed by atoms with Crippen LogP contribution in [0.1, 0.15) is 31.0 Å². The minimum Gasteiger partial charge on any atom is -0.485 e. The number of aryl methyl sites for hydroxylation is 1. The normalized spacial score (nSPS) is 19.3. The third-order valence-corrected chi connectivity index (χ3v) is 4.04. The van der Waals surface area contributed by atoms with Gasteiger partial charge in [-0.3, -0.25) is 0 Å². The first kappa shape index (κ1) is 13.3. The first-order valence-corrected chi connectivity index (χ1v) is 7.16. The van der Waals surface area contributed by atoms with Gasteiger partial charge in [-0.05, 0) is 44.5 Å². The maximum atomic E-state index is 6.32. The average Bonchev–Trinajstić information content (AvgIpc) is 2.63. The van der Waals surface area contributed by atoms with Crippen LogP contribution < -0.4 is 10.1 Å². The summed E-state index contributed by atoms with van der Waals surface area (Å²) >= 11 is 6.32. The maximum Gasteiger partial charge on any atom is 0.128 e. The van der Waals surface area contributed by atoms with Crippen molar-refractivity contribution in [2.24, 2.45) is 0 Å². The summed E-state index contributed by atoms with van der Waals surface area (Å²) < 4.78 is 6.04. The van der Waals surface area contributed by atoms with Crippen LogP contribution in [-0.4, -0.2) is 5.60 Å². The lowest BCUT2D eigenvalue weighted by atomic mass is 9.94. The molecule has 1 aliphatic heterocycles. The van der Waals surface area contributed by atoms with E-state index in [1.165, 1.54) is 5.56 Å². The number of rotatable bonds is 2. The van der Waals surface area contributed by atoms with Gasteiger partial charge < -0.3 is 10.1 Å². The van der Waals surface area contributed by atoms with E-state index >= 15 is 0 Å². The van der Waals surface area contributed by atoms with Crippen LogP contribution in [0.3, 0.4) is 0 Å². The summed E-state index contributed by atoms with van der Waals surface area (Å²) in [7, 11) is 0. The van der Waals surface area contributed by atoms with Crippen molar-refractivity contribution in [3.8, 4) is 5.75 Å². The Labute approximate surface area is 124 Å². The number of hydrogen-bond acceptors (Lipinski definition) is 2. The van der Waals surface area contributed by atoms with Crippen molar-refractivity contribution in [2.75, 3.05) is 5.32 Å². The minimum absolute atomic E-state index is 0.0823. The molecule has 1 atom stereocenters. The van der Waals surface area contributed by atoms with Gasteiger partial charge in [-0.25, -0.2) is 0 Å². The molecule has 2 aromatic carbocycles. The third-order valence-electron chi connectivity index (χ3n) is 3.72. The Morgan fingerprint density at radius 3 is 2.65 bits per heavy atom. The van der Waals surface area contributed by atoms with Crippen LogP contribution in [-0.2, 0) is 0 Å². The summed E-state index contributed by atoms with van der Waals surface area (Å²) in [5.74, 6) is 0.943. The number of benzene rings is 2. The van der Waals surface area contributed by atoms with Crippen LogP contribution in [0.4, 0.5) is 5.69 Å². The van der Waals surface area contributed by atoms with Crippen LogP contribution >= 0.6 is 11.6 Å². The first-order chi connectivity index (χ1) is 9.47. The molecule has 3 rings (SSSR count). The SMILES string of the molecule is Cc1ccc(NC2c3ccccc3OC2(C)C)c(Cl)c1. The summed E-state index contributed by atoms with van der Waals surface area (Å²) in [6.45, 7) is 6.22. The van der Waals surface area contributed by atoms with E-state index in [9.17, 15) is 0 Å². The fourth-order valence-electron chi connectivity index (χ4n) is 2.67. The van der Waals surface area contributed by atoms with Gasteiger partial charge in [0.2, 0.25) is 0 Å². The van der Waals surface area contributed by atoms with Gasteiger partial charge in [0.1, 0.15) is 11.4 Å². The van der Waals surface area contributed by atoms with Crippen molar-refractivity contribution in [3.63, 3.8) is 0 Å². The fraction of sp³-hybridized carbons (Fsp3) is 0.294. The van der Waals surface area contributed by atoms with Crippen molar-refractivity contribution in [2.45, 2.75) is 32.4 Å². The highest BCUT2D eigenvalue weighted by atomic mass is 35.5. The van der Waals surface area contributed by atoms with Crippen LogP contribution in [0, 0.1) is 6.92 Å². The maximum absolute atomic E-state index is 6.32. The summed E-state index contributed by atoms with van der Waals surface area (Å²) in [6, 6.07) is 14.3. The van der Waals surface area contributed by atoms with E-state index in [-0.39, 0.29) is 11.6 Å². The molecule has 0 aliphatic carbocycles. The van der Waals surface area contributed by atoms with E-state index < -0.39 is 0 Å². The molecule has 1 unspecified atom stereocenters. The van der Waals surface area contributed by atoms with Crippen LogP contribution in [0.5, 0.6) is 5.75 Å². The second kappa shape index (κ2) is 4.71. The van der Waals surface area contributed by atoms with E-state index in [0.29, 0.717) is 0 Å². The summed E-state index contributed by atoms with van der Waals surface area (Å²) in [6.07, 6.45) is 0. The van der Waals surface area contributed by atoms with Gasteiger partial charge in [-0.2, -0.15) is 0 Å². The molecule has 0 bridgehead atoms. The van der Waals surface area contributed by atoms with Crippen molar-refractivity contribution in [1.82, 2.24) is 0 Å². The van der Waals surface area contributed by atoms with E-state index in [4.69, 9.17) is 16.3 Å². The molecule has 2 aromatic rings. The minimum atomic E-state index is -0.308. The number of nitrogens with one attached hydrogen (secondary N) is 1. The van der Waals surface area contributed by atoms with Crippen molar-refractivity contribution in [1.29, 1.82) is 0 Å². The molecule has 0 fully saturated rings. The topological polar surface area (TPSA) is 21.3 Å². The van der Waals surface area contributed by atoms with E-state index in [2.05, 4.69) is 31.3 Å². The lowest BCUT2D eigenvalue weighted by Gasteiger charge is -2.28. The summed E-state index contributed by atoms with van der Waals surface area (Å²) in [5.41, 5.74) is 2.96. The summed E-state index contributed by atoms with van der Waals surface area (Å²) in [4.78, 5) is 0. The number of anilines is 1. The molecule has 20 heavy (non-hydrogen) atoms. The van der Waals surface area contributed by atoms with Crippen LogP contribution in [0.25, 0.3) is 0 Å². The average molecular weight is 288 g/mol.